The zero-order valence-electron chi connectivity index (χ0n) is 63.3. The van der Waals surface area contributed by atoms with E-state index in [2.05, 4.69) is 80.0 Å². The van der Waals surface area contributed by atoms with E-state index in [0.717, 1.165) is 159 Å². The van der Waals surface area contributed by atoms with Crippen molar-refractivity contribution in [2.24, 2.45) is 31.8 Å². The molecule has 8 bridgehead atoms. The highest BCUT2D eigenvalue weighted by Crippen LogP contribution is 2.47. The Bertz CT molecular complexity index is 4230. The lowest BCUT2D eigenvalue weighted by Crippen LogP contribution is -2.68. The molecule has 29 nitrogen and oxygen atoms in total. The van der Waals surface area contributed by atoms with Crippen molar-refractivity contribution in [3.8, 4) is 0 Å². The Labute approximate surface area is 631 Å². The zero-order chi connectivity index (χ0) is 77.9. The van der Waals surface area contributed by atoms with E-state index in [-0.39, 0.29) is 73.2 Å². The van der Waals surface area contributed by atoms with Gasteiger partial charge in [0.15, 0.2) is 48.2 Å². The summed E-state index contributed by atoms with van der Waals surface area (Å²) >= 11 is 1.17. The maximum Gasteiger partial charge on any atom is 0.303 e. The Morgan fingerprint density at radius 2 is 1.33 bits per heavy atom. The van der Waals surface area contributed by atoms with Crippen molar-refractivity contribution in [3.63, 3.8) is 0 Å². The summed E-state index contributed by atoms with van der Waals surface area (Å²) in [4.78, 5) is 137. The van der Waals surface area contributed by atoms with Crippen LogP contribution in [0.25, 0.3) is 6.08 Å². The number of esters is 7. The number of amidine groups is 1. The summed E-state index contributed by atoms with van der Waals surface area (Å²) in [5.74, 6) is -6.69. The molecule has 1 unspecified atom stereocenters. The topological polar surface area (TPSA) is 373 Å². The molecule has 3 fully saturated rings. The number of thioether (sulfide) groups is 1. The lowest BCUT2D eigenvalue weighted by atomic mass is 9.86. The minimum absolute atomic E-state index is 0.0962. The normalized spacial score (nSPS) is 26.3. The number of allylic oxidation sites excluding steroid dienone is 11. The average molecular weight is 1510 g/mol. The molecule has 0 spiro atoms. The largest absolute Gasteiger partial charge is 0.511 e. The number of ether oxygens (including phenoxy) is 11. The lowest BCUT2D eigenvalue weighted by molar-refractivity contribution is -0.345. The molecule has 9 aliphatic rings. The van der Waals surface area contributed by atoms with Crippen molar-refractivity contribution in [3.05, 3.63) is 132 Å². The first-order chi connectivity index (χ1) is 51.5. The van der Waals surface area contributed by atoms with E-state index in [0.29, 0.717) is 34.8 Å². The van der Waals surface area contributed by atoms with Crippen LogP contribution < -0.4 is 21.3 Å². The summed E-state index contributed by atoms with van der Waals surface area (Å²) < 4.78 is 64.7. The number of fused-ring (bicyclic) bond motifs is 5. The number of aliphatic hydroxyl groups is 1. The molecule has 8 aliphatic heterocycles. The molecule has 8 heterocycles. The molecule has 5 N–H and O–H groups in total. The molecular weight excluding hydrogens is 1420 g/mol. The second kappa shape index (κ2) is 36.1. The number of nitrogens with one attached hydrogen (secondary N) is 4. The van der Waals surface area contributed by atoms with Crippen LogP contribution in [0.5, 0.6) is 0 Å². The van der Waals surface area contributed by atoms with E-state index in [1.807, 2.05) is 19.1 Å². The average Bonchev–Trinajstić information content (AvgIpc) is 1.22. The van der Waals surface area contributed by atoms with Crippen LogP contribution in [0.3, 0.4) is 0 Å². The summed E-state index contributed by atoms with van der Waals surface area (Å²) in [6.45, 7) is 22.1. The number of aliphatic hydroxyl groups excluding tert-OH is 1. The van der Waals surface area contributed by atoms with Crippen molar-refractivity contribution in [1.82, 2.24) is 21.3 Å². The van der Waals surface area contributed by atoms with Crippen LogP contribution in [0, 0.1) is 11.8 Å². The van der Waals surface area contributed by atoms with Crippen LogP contribution in [-0.4, -0.2) is 188 Å². The molecule has 108 heavy (non-hydrogen) atoms. The van der Waals surface area contributed by atoms with Crippen molar-refractivity contribution in [1.29, 1.82) is 0 Å². The molecule has 1 aliphatic carbocycles. The number of carbonyl (C=O) groups excluding carboxylic acids is 9. The molecule has 0 saturated carbocycles. The molecule has 3 saturated heterocycles. The molecule has 0 aromatic heterocycles. The van der Waals surface area contributed by atoms with Crippen LogP contribution >= 0.6 is 11.8 Å². The lowest BCUT2D eigenvalue weighted by Gasteiger charge is -2.49. The van der Waals surface area contributed by atoms with Gasteiger partial charge in [-0.3, -0.25) is 48.1 Å². The molecular formula is C78H96N8O21S. The maximum atomic E-state index is 13.9. The van der Waals surface area contributed by atoms with Crippen LogP contribution in [0.15, 0.2) is 141 Å². The van der Waals surface area contributed by atoms with E-state index in [4.69, 9.17) is 67.1 Å². The number of benzene rings is 1. The second-order valence-electron chi connectivity index (χ2n) is 27.6. The molecule has 1 aromatic carbocycles. The number of amides is 2. The van der Waals surface area contributed by atoms with E-state index >= 15 is 0 Å². The maximum absolute atomic E-state index is 13.9. The highest BCUT2D eigenvalue weighted by molar-refractivity contribution is 8.17. The number of rotatable bonds is 28. The Hall–Kier alpha value is -9.62. The van der Waals surface area contributed by atoms with Gasteiger partial charge in [-0.2, -0.15) is 0 Å². The summed E-state index contributed by atoms with van der Waals surface area (Å²) in [6, 6.07) is 6.86. The fourth-order valence-corrected chi connectivity index (χ4v) is 15.4. The van der Waals surface area contributed by atoms with Gasteiger partial charge in [-0.05, 0) is 111 Å². The first kappa shape index (κ1) is 80.9. The quantitative estimate of drug-likeness (QED) is 0.0297. The Kier molecular flexibility index (Phi) is 27.0. The third-order valence-corrected chi connectivity index (χ3v) is 20.5. The predicted octanol–water partition coefficient (Wildman–Crippen LogP) is 8.62. The Morgan fingerprint density at radius 1 is 0.704 bits per heavy atom. The first-order valence-electron chi connectivity index (χ1n) is 36.5. The SMILES string of the molecule is CCCCCCOC(C)C1=C(C)C2=NC1=CC1=NC(=CC3=C(C)C4=C(O)CC(=C5NC(=C2)[C@@H](C)[C@@H]5CCC(=O)NCCNC(=O)c2cccc(/C=C5/CN=C(N[C@@H]6O[C@H](COC(C)=O)[C@@H](O[C@@H]7O[C@H](COC(C)=O)[C@H](OC(C)=O)[C@H](OC(C)=O)[C@H]7OC(C)=O)[C@H](OC(C)=O)[C@H]6OC(C)=O)S5)c2)C4=N3)C(CC)=C1C. The van der Waals surface area contributed by atoms with Gasteiger partial charge in [0.1, 0.15) is 37.3 Å². The third-order valence-electron chi connectivity index (χ3n) is 19.6. The zero-order valence-corrected chi connectivity index (χ0v) is 64.1. The van der Waals surface area contributed by atoms with Crippen molar-refractivity contribution >= 4 is 93.7 Å². The van der Waals surface area contributed by atoms with E-state index < -0.39 is 116 Å². The van der Waals surface area contributed by atoms with Crippen LogP contribution in [0.1, 0.15) is 164 Å². The fraction of sp³-hybridized carbons (Fsp3) is 0.526. The molecule has 1 aromatic rings. The second-order valence-corrected chi connectivity index (χ2v) is 28.7. The van der Waals surface area contributed by atoms with Crippen molar-refractivity contribution in [2.75, 3.05) is 39.5 Å². The third kappa shape index (κ3) is 19.4. The minimum atomic E-state index is -1.86. The van der Waals surface area contributed by atoms with Gasteiger partial charge in [0.05, 0.1) is 46.9 Å². The smallest absolute Gasteiger partial charge is 0.303 e. The van der Waals surface area contributed by atoms with Crippen molar-refractivity contribution in [2.45, 2.75) is 216 Å². The van der Waals surface area contributed by atoms with Gasteiger partial charge in [-0.25, -0.2) is 15.0 Å². The number of hydrogen-bond acceptors (Lipinski definition) is 28. The molecule has 10 rings (SSSR count). The molecule has 2 amide bonds. The van der Waals surface area contributed by atoms with Crippen molar-refractivity contribution < 1.29 is 100 Å². The number of aliphatic imine (C=N–C) groups is 4. The highest BCUT2D eigenvalue weighted by Gasteiger charge is 2.58. The summed E-state index contributed by atoms with van der Waals surface area (Å²) in [7, 11) is 0. The van der Waals surface area contributed by atoms with Gasteiger partial charge < -0.3 is 78.5 Å². The van der Waals surface area contributed by atoms with Crippen LogP contribution in [0.4, 0.5) is 0 Å². The number of carbonyl (C=O) groups is 9. The van der Waals surface area contributed by atoms with Gasteiger partial charge in [-0.15, -0.1) is 0 Å². The minimum Gasteiger partial charge on any atom is -0.511 e. The summed E-state index contributed by atoms with van der Waals surface area (Å²) in [5.41, 5.74) is 14.2. The standard InChI is InChI=1S/C78H96N8O21S/c1-15-17-18-19-27-97-41(7)65-39(5)57-31-56-38(4)53(67(84-56)54-30-61(94)66-40(6)58(85-68(54)66)32-59-52(16-2)37(3)55(82-59)33-60(65)83-57)23-24-64(95)79-25-26-80-75(96)50-22-20-21-49(28-50)29-51-34-81-78(108-51)86-76-73(103-47(13)92)71(101-45(11)90)70(62(105-76)35-98-42(8)87)107-77-74(104-48(14)93)72(102-46(12)91)69(100-44(10)89)63(106-77)36-99-43(9)88/h20-22,28-29,31-33,38,41,53,62-63,69-74,76-77,84,94H,15-19,23-27,30,34-36H2,1-14H3,(H,79,95)(H,80,96)(H,81,86)/b51-29-,56-31?,59-32?,60-33?,67-54?/t38-,41?,53-,62+,63+,69-,70+,71-,72-,73+,74+,76+,77-/m0/s1. The number of nitrogens with zero attached hydrogens (tertiary/aromatic N) is 4. The van der Waals surface area contributed by atoms with E-state index in [1.54, 1.807) is 24.3 Å². The number of unbranched alkanes of at least 4 members (excludes halogenated alkanes) is 3. The molecule has 580 valence electrons. The summed E-state index contributed by atoms with van der Waals surface area (Å²) in [6.07, 6.45) is -2.28. The van der Waals surface area contributed by atoms with Gasteiger partial charge in [0.25, 0.3) is 5.91 Å². The summed E-state index contributed by atoms with van der Waals surface area (Å²) in [5, 5.41) is 24.8. The van der Waals surface area contributed by atoms with Gasteiger partial charge in [0.2, 0.25) is 5.91 Å². The van der Waals surface area contributed by atoms with Gasteiger partial charge in [-0.1, -0.05) is 63.9 Å². The number of hydrogen-bond donors (Lipinski definition) is 5. The Morgan fingerprint density at radius 3 is 2.00 bits per heavy atom. The molecule has 13 atom stereocenters. The predicted molar refractivity (Wildman–Crippen MR) is 397 cm³/mol. The highest BCUT2D eigenvalue weighted by atomic mass is 32.2. The monoisotopic (exact) mass is 1510 g/mol. The Balaban J connectivity index is 0.798. The first-order valence-corrected chi connectivity index (χ1v) is 37.3. The van der Waals surface area contributed by atoms with E-state index in [9.17, 15) is 48.3 Å². The fourth-order valence-electron chi connectivity index (χ4n) is 14.6. The van der Waals surface area contributed by atoms with Gasteiger partial charge in [0, 0.05) is 131 Å². The van der Waals surface area contributed by atoms with Crippen LogP contribution in [0.2, 0.25) is 0 Å². The molecule has 0 radical (unpaired) electrons. The van der Waals surface area contributed by atoms with E-state index in [1.165, 1.54) is 11.8 Å². The van der Waals surface area contributed by atoms with Crippen LogP contribution in [-0.2, 0) is 90.5 Å². The molecule has 30 heteroatoms. The van der Waals surface area contributed by atoms with Gasteiger partial charge >= 0.3 is 41.8 Å².